The summed E-state index contributed by atoms with van der Waals surface area (Å²) in [4.78, 5) is 22.6. The van der Waals surface area contributed by atoms with Crippen molar-refractivity contribution in [3.63, 3.8) is 0 Å². The number of alkyl halides is 3. The van der Waals surface area contributed by atoms with Crippen LogP contribution in [0, 0.1) is 17.8 Å². The van der Waals surface area contributed by atoms with Crippen molar-refractivity contribution in [2.24, 2.45) is 17.8 Å². The van der Waals surface area contributed by atoms with Gasteiger partial charge in [0.15, 0.2) is 13.2 Å². The molecule has 0 saturated heterocycles. The average molecular weight is 350 g/mol. The van der Waals surface area contributed by atoms with Crippen LogP contribution in [0.1, 0.15) is 25.7 Å². The molecule has 5 nitrogen and oxygen atoms in total. The van der Waals surface area contributed by atoms with E-state index in [2.05, 4.69) is 16.1 Å². The number of rotatable bonds is 8. The van der Waals surface area contributed by atoms with Crippen LogP contribution in [0.3, 0.4) is 0 Å². The maximum Gasteiger partial charge on any atom is 0.422 e. The molecule has 0 spiro atoms. The Kier molecular flexibility index (Phi) is 6.26. The summed E-state index contributed by atoms with van der Waals surface area (Å²) < 4.78 is 49.5. The van der Waals surface area contributed by atoms with Gasteiger partial charge in [-0.15, -0.1) is 0 Å². The molecule has 0 aromatic heterocycles. The van der Waals surface area contributed by atoms with Crippen molar-refractivity contribution in [2.45, 2.75) is 31.9 Å². The molecule has 0 N–H and O–H groups in total. The van der Waals surface area contributed by atoms with Gasteiger partial charge in [-0.2, -0.15) is 13.2 Å². The van der Waals surface area contributed by atoms with Gasteiger partial charge < -0.3 is 14.2 Å². The smallest absolute Gasteiger partial charge is 0.422 e. The Balaban J connectivity index is 1.57. The minimum Gasteiger partial charge on any atom is -0.454 e. The summed E-state index contributed by atoms with van der Waals surface area (Å²) in [5, 5.41) is 0. The van der Waals surface area contributed by atoms with Crippen LogP contribution in [-0.2, 0) is 23.8 Å². The van der Waals surface area contributed by atoms with E-state index in [1.54, 1.807) is 0 Å². The first kappa shape index (κ1) is 18.8. The van der Waals surface area contributed by atoms with E-state index in [0.29, 0.717) is 18.4 Å². The minimum absolute atomic E-state index is 0.0155. The summed E-state index contributed by atoms with van der Waals surface area (Å²) in [5.41, 5.74) is 0.0155. The van der Waals surface area contributed by atoms with Gasteiger partial charge in [-0.1, -0.05) is 13.0 Å². The first-order valence-corrected chi connectivity index (χ1v) is 7.89. The van der Waals surface area contributed by atoms with Crippen LogP contribution >= 0.6 is 0 Å². The van der Waals surface area contributed by atoms with Crippen molar-refractivity contribution >= 4 is 11.9 Å². The van der Waals surface area contributed by atoms with Gasteiger partial charge in [0.25, 0.3) is 0 Å². The predicted octanol–water partition coefficient (Wildman–Crippen LogP) is 2.64. The fourth-order valence-corrected chi connectivity index (χ4v) is 3.40. The number of carbonyl (C=O) groups is 2. The molecule has 2 aliphatic rings. The molecule has 2 bridgehead atoms. The van der Waals surface area contributed by atoms with E-state index < -0.39 is 31.3 Å². The second-order valence-electron chi connectivity index (χ2n) is 6.41. The second-order valence-corrected chi connectivity index (χ2v) is 6.41. The van der Waals surface area contributed by atoms with E-state index in [1.165, 1.54) is 19.3 Å². The molecule has 24 heavy (non-hydrogen) atoms. The molecule has 2 fully saturated rings. The maximum atomic E-state index is 11.9. The van der Waals surface area contributed by atoms with Crippen LogP contribution in [0.15, 0.2) is 12.2 Å². The third kappa shape index (κ3) is 5.81. The van der Waals surface area contributed by atoms with Gasteiger partial charge in [0.2, 0.25) is 0 Å². The molecule has 0 aromatic carbocycles. The highest BCUT2D eigenvalue weighted by molar-refractivity contribution is 5.89. The van der Waals surface area contributed by atoms with Gasteiger partial charge in [0.1, 0.15) is 0 Å². The lowest BCUT2D eigenvalue weighted by molar-refractivity contribution is -0.189. The maximum absolute atomic E-state index is 11.9. The van der Waals surface area contributed by atoms with Crippen molar-refractivity contribution in [1.29, 1.82) is 0 Å². The Morgan fingerprint density at radius 1 is 1.08 bits per heavy atom. The summed E-state index contributed by atoms with van der Waals surface area (Å²) in [6.07, 6.45) is 0.340. The Labute approximate surface area is 138 Å². The second kappa shape index (κ2) is 8.00. The monoisotopic (exact) mass is 350 g/mol. The van der Waals surface area contributed by atoms with Crippen LogP contribution in [0.2, 0.25) is 0 Å². The van der Waals surface area contributed by atoms with Gasteiger partial charge in [-0.3, -0.25) is 0 Å². The van der Waals surface area contributed by atoms with E-state index in [-0.39, 0.29) is 12.2 Å². The van der Waals surface area contributed by atoms with Gasteiger partial charge in [0.05, 0.1) is 18.8 Å². The Morgan fingerprint density at radius 3 is 2.42 bits per heavy atom. The summed E-state index contributed by atoms with van der Waals surface area (Å²) in [7, 11) is 0. The summed E-state index contributed by atoms with van der Waals surface area (Å²) in [6.45, 7) is 1.43. The third-order valence-corrected chi connectivity index (χ3v) is 4.50. The van der Waals surface area contributed by atoms with Crippen LogP contribution in [0.5, 0.6) is 0 Å². The molecule has 2 rings (SSSR count). The lowest BCUT2D eigenvalue weighted by Gasteiger charge is -2.21. The van der Waals surface area contributed by atoms with Gasteiger partial charge in [0, 0.05) is 0 Å². The van der Waals surface area contributed by atoms with Gasteiger partial charge in [-0.25, -0.2) is 9.59 Å². The SMILES string of the molecule is C=C(COCC1CC2CCC1C2)C(=O)OCC(=O)OCC(F)(F)F. The number of hydrogen-bond acceptors (Lipinski definition) is 5. The first-order chi connectivity index (χ1) is 11.2. The molecule has 0 heterocycles. The number of ether oxygens (including phenoxy) is 3. The largest absolute Gasteiger partial charge is 0.454 e. The Morgan fingerprint density at radius 2 is 1.83 bits per heavy atom. The highest BCUT2D eigenvalue weighted by atomic mass is 19.4. The predicted molar refractivity (Wildman–Crippen MR) is 76.9 cm³/mol. The molecule has 0 radical (unpaired) electrons. The zero-order chi connectivity index (χ0) is 17.7. The molecule has 0 aliphatic heterocycles. The zero-order valence-electron chi connectivity index (χ0n) is 13.3. The summed E-state index contributed by atoms with van der Waals surface area (Å²) in [5.74, 6) is -0.119. The zero-order valence-corrected chi connectivity index (χ0v) is 13.3. The number of hydrogen-bond donors (Lipinski definition) is 0. The Bertz CT molecular complexity index is 489. The molecule has 0 amide bonds. The molecule has 0 aromatic rings. The summed E-state index contributed by atoms with van der Waals surface area (Å²) >= 11 is 0. The third-order valence-electron chi connectivity index (χ3n) is 4.50. The number of esters is 2. The lowest BCUT2D eigenvalue weighted by Crippen LogP contribution is -2.24. The molecule has 3 atom stereocenters. The molecule has 2 aliphatic carbocycles. The fraction of sp³-hybridized carbons (Fsp3) is 0.750. The highest BCUT2D eigenvalue weighted by Gasteiger charge is 2.39. The van der Waals surface area contributed by atoms with Crippen LogP contribution < -0.4 is 0 Å². The normalized spacial score (nSPS) is 25.5. The molecular weight excluding hydrogens is 329 g/mol. The van der Waals surface area contributed by atoms with Crippen molar-refractivity contribution < 1.29 is 37.0 Å². The Hall–Kier alpha value is -1.57. The van der Waals surface area contributed by atoms with Crippen LogP contribution in [0.25, 0.3) is 0 Å². The quantitative estimate of drug-likeness (QED) is 0.497. The molecule has 8 heteroatoms. The van der Waals surface area contributed by atoms with E-state index >= 15 is 0 Å². The number of halogens is 3. The van der Waals surface area contributed by atoms with Crippen LogP contribution in [-0.4, -0.2) is 44.5 Å². The van der Waals surface area contributed by atoms with Gasteiger partial charge >= 0.3 is 18.1 Å². The van der Waals surface area contributed by atoms with Crippen molar-refractivity contribution in [2.75, 3.05) is 26.4 Å². The van der Waals surface area contributed by atoms with Crippen LogP contribution in [0.4, 0.5) is 13.2 Å². The molecule has 3 unspecified atom stereocenters. The number of carbonyl (C=O) groups excluding carboxylic acids is 2. The number of fused-ring (bicyclic) bond motifs is 2. The summed E-state index contributed by atoms with van der Waals surface area (Å²) in [6, 6.07) is 0. The van der Waals surface area contributed by atoms with Gasteiger partial charge in [-0.05, 0) is 37.0 Å². The minimum atomic E-state index is -4.61. The average Bonchev–Trinajstić information content (AvgIpc) is 3.12. The van der Waals surface area contributed by atoms with E-state index in [0.717, 1.165) is 12.3 Å². The van der Waals surface area contributed by atoms with E-state index in [9.17, 15) is 22.8 Å². The molecule has 2 saturated carbocycles. The van der Waals surface area contributed by atoms with Crippen molar-refractivity contribution in [1.82, 2.24) is 0 Å². The standard InChI is InChI=1S/C16H21F3O5/c1-10(6-22-7-13-5-11-2-3-12(13)4-11)15(21)23-8-14(20)24-9-16(17,18)19/h11-13H,1-9H2. The first-order valence-electron chi connectivity index (χ1n) is 7.89. The van der Waals surface area contributed by atoms with E-state index in [1.807, 2.05) is 0 Å². The van der Waals surface area contributed by atoms with Crippen molar-refractivity contribution in [3.05, 3.63) is 12.2 Å². The fourth-order valence-electron chi connectivity index (χ4n) is 3.40. The highest BCUT2D eigenvalue weighted by Crippen LogP contribution is 2.48. The van der Waals surface area contributed by atoms with Crippen molar-refractivity contribution in [3.8, 4) is 0 Å². The lowest BCUT2D eigenvalue weighted by atomic mass is 9.90. The van der Waals surface area contributed by atoms with E-state index in [4.69, 9.17) is 4.74 Å². The molecular formula is C16H21F3O5. The molecule has 136 valence electrons. The topological polar surface area (TPSA) is 61.8 Å².